The third-order valence-corrected chi connectivity index (χ3v) is 3.65. The van der Waals surface area contributed by atoms with E-state index in [0.29, 0.717) is 0 Å². The predicted molar refractivity (Wildman–Crippen MR) is 74.6 cm³/mol. The highest BCUT2D eigenvalue weighted by Gasteiger charge is 2.04. The fourth-order valence-electron chi connectivity index (χ4n) is 2.25. The van der Waals surface area contributed by atoms with Crippen LogP contribution in [0.4, 0.5) is 0 Å². The summed E-state index contributed by atoms with van der Waals surface area (Å²) in [5.41, 5.74) is 8.43. The topological polar surface area (TPSA) is 0 Å². The zero-order chi connectivity index (χ0) is 12.4. The number of aryl methyl sites for hydroxylation is 2. The van der Waals surface area contributed by atoms with E-state index in [1.165, 1.54) is 33.4 Å². The first kappa shape index (κ1) is 11.9. The zero-order valence-corrected chi connectivity index (χ0v) is 11.2. The molecule has 0 atom stereocenters. The third-order valence-electron chi connectivity index (χ3n) is 3.65. The SMILES string of the molecule is Cc1cccc(Cc2ccc(C)c(C)c2C)c1. The molecule has 0 spiro atoms. The van der Waals surface area contributed by atoms with E-state index in [9.17, 15) is 0 Å². The molecule has 0 saturated carbocycles. The maximum absolute atomic E-state index is 2.27. The van der Waals surface area contributed by atoms with E-state index in [1.807, 2.05) is 0 Å². The molecular formula is C17H20. The number of hydrogen-bond acceptors (Lipinski definition) is 0. The van der Waals surface area contributed by atoms with Crippen molar-refractivity contribution in [3.8, 4) is 0 Å². The summed E-state index contributed by atoms with van der Waals surface area (Å²) in [6, 6.07) is 13.3. The molecule has 0 amide bonds. The summed E-state index contributed by atoms with van der Waals surface area (Å²) in [5, 5.41) is 0. The lowest BCUT2D eigenvalue weighted by atomic mass is 9.94. The first-order valence-electron chi connectivity index (χ1n) is 6.19. The minimum absolute atomic E-state index is 1.04. The molecule has 0 bridgehead atoms. The van der Waals surface area contributed by atoms with Crippen molar-refractivity contribution in [3.05, 3.63) is 69.8 Å². The molecule has 0 N–H and O–H groups in total. The molecule has 17 heavy (non-hydrogen) atoms. The largest absolute Gasteiger partial charge is 0.0617 e. The van der Waals surface area contributed by atoms with Crippen molar-refractivity contribution in [2.24, 2.45) is 0 Å². The lowest BCUT2D eigenvalue weighted by Crippen LogP contribution is -1.96. The summed E-state index contributed by atoms with van der Waals surface area (Å²) >= 11 is 0. The van der Waals surface area contributed by atoms with Crippen molar-refractivity contribution >= 4 is 0 Å². The summed E-state index contributed by atoms with van der Waals surface area (Å²) in [7, 11) is 0. The normalized spacial score (nSPS) is 10.6. The molecular weight excluding hydrogens is 204 g/mol. The van der Waals surface area contributed by atoms with Crippen LogP contribution in [0, 0.1) is 27.7 Å². The van der Waals surface area contributed by atoms with Crippen molar-refractivity contribution in [1.29, 1.82) is 0 Å². The van der Waals surface area contributed by atoms with Gasteiger partial charge in [-0.1, -0.05) is 42.0 Å². The average molecular weight is 224 g/mol. The zero-order valence-electron chi connectivity index (χ0n) is 11.2. The monoisotopic (exact) mass is 224 g/mol. The van der Waals surface area contributed by atoms with Gasteiger partial charge in [-0.25, -0.2) is 0 Å². The van der Waals surface area contributed by atoms with Crippen LogP contribution in [0.25, 0.3) is 0 Å². The Morgan fingerprint density at radius 2 is 1.59 bits per heavy atom. The van der Waals surface area contributed by atoms with E-state index in [-0.39, 0.29) is 0 Å². The molecule has 0 saturated heterocycles. The molecule has 0 fully saturated rings. The van der Waals surface area contributed by atoms with Gasteiger partial charge in [0, 0.05) is 0 Å². The van der Waals surface area contributed by atoms with Gasteiger partial charge in [0.1, 0.15) is 0 Å². The second-order valence-corrected chi connectivity index (χ2v) is 4.96. The van der Waals surface area contributed by atoms with Crippen LogP contribution in [0.15, 0.2) is 36.4 Å². The molecule has 0 unspecified atom stereocenters. The molecule has 0 heterocycles. The van der Waals surface area contributed by atoms with Crippen molar-refractivity contribution in [2.75, 3.05) is 0 Å². The van der Waals surface area contributed by atoms with Crippen LogP contribution in [0.3, 0.4) is 0 Å². The molecule has 0 aliphatic carbocycles. The third kappa shape index (κ3) is 2.58. The van der Waals surface area contributed by atoms with Crippen molar-refractivity contribution < 1.29 is 0 Å². The Labute approximate surface area is 104 Å². The van der Waals surface area contributed by atoms with Crippen molar-refractivity contribution in [3.63, 3.8) is 0 Å². The Bertz CT molecular complexity index is 536. The fraction of sp³-hybridized carbons (Fsp3) is 0.294. The fourth-order valence-corrected chi connectivity index (χ4v) is 2.25. The van der Waals surface area contributed by atoms with Gasteiger partial charge in [-0.3, -0.25) is 0 Å². The van der Waals surface area contributed by atoms with Gasteiger partial charge in [-0.2, -0.15) is 0 Å². The maximum atomic E-state index is 2.27. The van der Waals surface area contributed by atoms with E-state index in [2.05, 4.69) is 64.1 Å². The summed E-state index contributed by atoms with van der Waals surface area (Å²) in [5.74, 6) is 0. The predicted octanol–water partition coefficient (Wildman–Crippen LogP) is 4.51. The van der Waals surface area contributed by atoms with Gasteiger partial charge in [0.25, 0.3) is 0 Å². The van der Waals surface area contributed by atoms with Crippen LogP contribution >= 0.6 is 0 Å². The summed E-state index contributed by atoms with van der Waals surface area (Å²) < 4.78 is 0. The lowest BCUT2D eigenvalue weighted by Gasteiger charge is -2.11. The number of hydrogen-bond donors (Lipinski definition) is 0. The van der Waals surface area contributed by atoms with Gasteiger partial charge in [0.15, 0.2) is 0 Å². The van der Waals surface area contributed by atoms with Crippen LogP contribution < -0.4 is 0 Å². The molecule has 0 radical (unpaired) electrons. The Morgan fingerprint density at radius 1 is 0.824 bits per heavy atom. The highest BCUT2D eigenvalue weighted by Crippen LogP contribution is 2.20. The quantitative estimate of drug-likeness (QED) is 0.704. The van der Waals surface area contributed by atoms with Crippen LogP contribution in [0.1, 0.15) is 33.4 Å². The number of rotatable bonds is 2. The minimum Gasteiger partial charge on any atom is -0.0617 e. The van der Waals surface area contributed by atoms with Crippen LogP contribution in [-0.4, -0.2) is 0 Å². The molecule has 0 aliphatic rings. The summed E-state index contributed by atoms with van der Waals surface area (Å²) in [6.45, 7) is 8.77. The Kier molecular flexibility index (Phi) is 3.33. The van der Waals surface area contributed by atoms with Gasteiger partial charge < -0.3 is 0 Å². The Balaban J connectivity index is 2.34. The summed E-state index contributed by atoms with van der Waals surface area (Å²) in [4.78, 5) is 0. The van der Waals surface area contributed by atoms with Crippen molar-refractivity contribution in [1.82, 2.24) is 0 Å². The van der Waals surface area contributed by atoms with Crippen molar-refractivity contribution in [2.45, 2.75) is 34.1 Å². The van der Waals surface area contributed by atoms with Gasteiger partial charge in [0.05, 0.1) is 0 Å². The molecule has 88 valence electrons. The lowest BCUT2D eigenvalue weighted by molar-refractivity contribution is 1.12. The van der Waals surface area contributed by atoms with Gasteiger partial charge in [-0.05, 0) is 61.9 Å². The second-order valence-electron chi connectivity index (χ2n) is 4.96. The summed E-state index contributed by atoms with van der Waals surface area (Å²) in [6.07, 6.45) is 1.04. The highest BCUT2D eigenvalue weighted by atomic mass is 14.1. The van der Waals surface area contributed by atoms with Crippen LogP contribution in [0.2, 0.25) is 0 Å². The molecule has 2 aromatic rings. The van der Waals surface area contributed by atoms with E-state index >= 15 is 0 Å². The van der Waals surface area contributed by atoms with Crippen LogP contribution in [-0.2, 0) is 6.42 Å². The van der Waals surface area contributed by atoms with Crippen LogP contribution in [0.5, 0.6) is 0 Å². The molecule has 2 aromatic carbocycles. The standard InChI is InChI=1S/C17H20/c1-12-6-5-7-16(10-12)11-17-9-8-13(2)14(3)15(17)4/h5-10H,11H2,1-4H3. The molecule has 0 aromatic heterocycles. The van der Waals surface area contributed by atoms with Gasteiger partial charge in [-0.15, -0.1) is 0 Å². The molecule has 2 rings (SSSR count). The molecule has 0 nitrogen and oxygen atoms in total. The van der Waals surface area contributed by atoms with E-state index in [1.54, 1.807) is 0 Å². The Morgan fingerprint density at radius 3 is 2.29 bits per heavy atom. The molecule has 0 aliphatic heterocycles. The van der Waals surface area contributed by atoms with E-state index in [0.717, 1.165) is 6.42 Å². The molecule has 0 heteroatoms. The second kappa shape index (κ2) is 4.75. The highest BCUT2D eigenvalue weighted by molar-refractivity contribution is 5.41. The van der Waals surface area contributed by atoms with E-state index in [4.69, 9.17) is 0 Å². The Hall–Kier alpha value is -1.56. The number of benzene rings is 2. The van der Waals surface area contributed by atoms with Gasteiger partial charge >= 0.3 is 0 Å². The first-order valence-corrected chi connectivity index (χ1v) is 6.19. The van der Waals surface area contributed by atoms with E-state index < -0.39 is 0 Å². The van der Waals surface area contributed by atoms with Gasteiger partial charge in [0.2, 0.25) is 0 Å². The minimum atomic E-state index is 1.04. The average Bonchev–Trinajstić information content (AvgIpc) is 2.30. The maximum Gasteiger partial charge on any atom is -0.00229 e. The smallest absolute Gasteiger partial charge is 0.00229 e. The first-order chi connectivity index (χ1) is 8.08.